The zero-order valence-electron chi connectivity index (χ0n) is 16.2. The monoisotopic (exact) mass is 391 g/mol. The number of carbonyl (C=O) groups is 2. The van der Waals surface area contributed by atoms with Gasteiger partial charge in [-0.25, -0.2) is 9.18 Å². The first kappa shape index (κ1) is 18.9. The Morgan fingerprint density at radius 2 is 1.83 bits per heavy atom. The van der Waals surface area contributed by atoms with Crippen molar-refractivity contribution >= 4 is 30.2 Å². The van der Waals surface area contributed by atoms with E-state index < -0.39 is 18.0 Å². The Kier molecular flexibility index (Phi) is 4.88. The van der Waals surface area contributed by atoms with Crippen LogP contribution in [0.4, 0.5) is 9.18 Å². The molecule has 0 saturated heterocycles. The minimum atomic E-state index is -0.858. The summed E-state index contributed by atoms with van der Waals surface area (Å²) in [5.74, 6) is -0.471. The maximum absolute atomic E-state index is 13.3. The number of fused-ring (bicyclic) bond motifs is 1. The van der Waals surface area contributed by atoms with Gasteiger partial charge in [0.05, 0.1) is 6.21 Å². The summed E-state index contributed by atoms with van der Waals surface area (Å²) in [5.41, 5.74) is 3.77. The lowest BCUT2D eigenvalue weighted by molar-refractivity contribution is -0.457. The zero-order valence-corrected chi connectivity index (χ0v) is 16.2. The second-order valence-electron chi connectivity index (χ2n) is 7.19. The summed E-state index contributed by atoms with van der Waals surface area (Å²) in [6.45, 7) is 4.31. The molecule has 7 heteroatoms. The molecule has 2 aromatic carbocycles. The number of amidine groups is 1. The van der Waals surface area contributed by atoms with Gasteiger partial charge in [0, 0.05) is 0 Å². The van der Waals surface area contributed by atoms with Crippen LogP contribution in [0.5, 0.6) is 0 Å². The van der Waals surface area contributed by atoms with E-state index in [1.54, 1.807) is 12.1 Å². The highest BCUT2D eigenvalue weighted by Gasteiger charge is 2.47. The predicted octanol–water partition coefficient (Wildman–Crippen LogP) is 3.04. The van der Waals surface area contributed by atoms with Gasteiger partial charge >= 0.3 is 11.9 Å². The first-order valence-corrected chi connectivity index (χ1v) is 9.30. The number of hydrogen-bond donors (Lipinski definition) is 0. The molecule has 4 rings (SSSR count). The molecule has 2 aliphatic rings. The van der Waals surface area contributed by atoms with Gasteiger partial charge in [-0.1, -0.05) is 35.9 Å². The van der Waals surface area contributed by atoms with Crippen molar-refractivity contribution in [2.24, 2.45) is 9.98 Å². The van der Waals surface area contributed by atoms with Gasteiger partial charge in [0.2, 0.25) is 6.04 Å². The van der Waals surface area contributed by atoms with Crippen LogP contribution in [0.3, 0.4) is 0 Å². The van der Waals surface area contributed by atoms with Gasteiger partial charge in [0.15, 0.2) is 0 Å². The number of hydrogen-bond acceptors (Lipinski definition) is 4. The molecule has 0 radical (unpaired) electrons. The van der Waals surface area contributed by atoms with E-state index in [0.717, 1.165) is 21.6 Å². The van der Waals surface area contributed by atoms with Crippen molar-refractivity contribution in [2.75, 3.05) is 0 Å². The van der Waals surface area contributed by atoms with E-state index in [-0.39, 0.29) is 18.9 Å². The number of amides is 3. The van der Waals surface area contributed by atoms with Crippen molar-refractivity contribution in [3.8, 4) is 0 Å². The number of aryl methyl sites for hydroxylation is 2. The molecule has 2 heterocycles. The average Bonchev–Trinajstić information content (AvgIpc) is 2.72. The number of aliphatic imine (C=N–C) groups is 2. The number of carbonyl (C=O) groups excluding carboxylic acids is 2. The van der Waals surface area contributed by atoms with E-state index >= 15 is 0 Å². The lowest BCUT2D eigenvalue weighted by Gasteiger charge is -2.27. The predicted molar refractivity (Wildman–Crippen MR) is 108 cm³/mol. The van der Waals surface area contributed by atoms with E-state index in [4.69, 9.17) is 0 Å². The zero-order chi connectivity index (χ0) is 20.5. The third-order valence-electron chi connectivity index (χ3n) is 5.08. The molecule has 6 nitrogen and oxygen atoms in total. The molecule has 0 N–H and O–H groups in total. The number of urea groups is 1. The summed E-state index contributed by atoms with van der Waals surface area (Å²) in [6.07, 6.45) is 2.95. The van der Waals surface area contributed by atoms with E-state index in [1.807, 2.05) is 32.0 Å². The molecule has 0 aliphatic carbocycles. The van der Waals surface area contributed by atoms with Crippen molar-refractivity contribution in [2.45, 2.75) is 33.0 Å². The van der Waals surface area contributed by atoms with Gasteiger partial charge in [0.1, 0.15) is 25.1 Å². The molecular formula is C22H20FN4O2+. The highest BCUT2D eigenvalue weighted by Crippen LogP contribution is 2.20. The summed E-state index contributed by atoms with van der Waals surface area (Å²) < 4.78 is 14.7. The summed E-state index contributed by atoms with van der Waals surface area (Å²) in [7, 11) is 0. The van der Waals surface area contributed by atoms with E-state index in [2.05, 4.69) is 9.98 Å². The maximum Gasteiger partial charge on any atom is 0.446 e. The smallest absolute Gasteiger partial charge is 0.264 e. The number of halogens is 1. The number of imide groups is 1. The average molecular weight is 391 g/mol. The highest BCUT2D eigenvalue weighted by atomic mass is 19.1. The van der Waals surface area contributed by atoms with Crippen LogP contribution < -0.4 is 0 Å². The molecule has 2 aromatic rings. The lowest BCUT2D eigenvalue weighted by Crippen LogP contribution is -2.56. The molecular weight excluding hydrogens is 371 g/mol. The quantitative estimate of drug-likeness (QED) is 0.752. The largest absolute Gasteiger partial charge is 0.446 e. The molecule has 0 fully saturated rings. The fourth-order valence-corrected chi connectivity index (χ4v) is 3.46. The summed E-state index contributed by atoms with van der Waals surface area (Å²) in [4.78, 5) is 35.9. The van der Waals surface area contributed by atoms with Gasteiger partial charge in [-0.3, -0.25) is 9.79 Å². The SMILES string of the molecule is Cc1ccc(C)c(C[N+]2=C3N=CC=NC3C(=O)N(Cc3ccc(F)cc3)C2=O)c1. The topological polar surface area (TPSA) is 65.1 Å². The van der Waals surface area contributed by atoms with Crippen LogP contribution in [0.25, 0.3) is 0 Å². The molecule has 29 heavy (non-hydrogen) atoms. The third-order valence-corrected chi connectivity index (χ3v) is 5.08. The Labute approximate surface area is 167 Å². The first-order chi connectivity index (χ1) is 13.9. The van der Waals surface area contributed by atoms with Gasteiger partial charge in [-0.05, 0) is 42.7 Å². The van der Waals surface area contributed by atoms with Crippen LogP contribution in [0.2, 0.25) is 0 Å². The minimum Gasteiger partial charge on any atom is -0.264 e. The van der Waals surface area contributed by atoms with E-state index in [1.165, 1.54) is 29.1 Å². The van der Waals surface area contributed by atoms with Gasteiger partial charge < -0.3 is 0 Å². The molecule has 0 bridgehead atoms. The maximum atomic E-state index is 13.3. The number of benzene rings is 2. The molecule has 2 aliphatic heterocycles. The molecule has 146 valence electrons. The van der Waals surface area contributed by atoms with Crippen LogP contribution >= 0.6 is 0 Å². The molecule has 0 spiro atoms. The van der Waals surface area contributed by atoms with Crippen molar-refractivity contribution < 1.29 is 18.6 Å². The Morgan fingerprint density at radius 3 is 2.59 bits per heavy atom. The lowest BCUT2D eigenvalue weighted by atomic mass is 10.0. The van der Waals surface area contributed by atoms with Crippen molar-refractivity contribution in [3.05, 3.63) is 70.5 Å². The van der Waals surface area contributed by atoms with Crippen LogP contribution in [0.1, 0.15) is 22.3 Å². The summed E-state index contributed by atoms with van der Waals surface area (Å²) in [6, 6.07) is 10.5. The fourth-order valence-electron chi connectivity index (χ4n) is 3.46. The molecule has 1 atom stereocenters. The summed E-state index contributed by atoms with van der Waals surface area (Å²) >= 11 is 0. The summed E-state index contributed by atoms with van der Waals surface area (Å²) in [5, 5.41) is 0. The second kappa shape index (κ2) is 7.50. The number of rotatable bonds is 4. The molecule has 0 aromatic heterocycles. The first-order valence-electron chi connectivity index (χ1n) is 9.30. The standard InChI is InChI=1S/C22H20FN4O2/c1-14-3-4-15(2)17(11-14)13-26-20-19(24-9-10-25-20)21(28)27(22(26)29)12-16-5-7-18(23)8-6-16/h3-11,19H,12-13H2,1-2H3/q+1. The Balaban J connectivity index is 1.73. The molecule has 3 amide bonds. The highest BCUT2D eigenvalue weighted by molar-refractivity contribution is 6.26. The third kappa shape index (κ3) is 3.63. The Hall–Kier alpha value is -3.48. The van der Waals surface area contributed by atoms with E-state index in [0.29, 0.717) is 11.4 Å². The second-order valence-corrected chi connectivity index (χ2v) is 7.19. The van der Waals surface area contributed by atoms with Crippen molar-refractivity contribution in [3.63, 3.8) is 0 Å². The Morgan fingerprint density at radius 1 is 1.07 bits per heavy atom. The molecule has 1 unspecified atom stereocenters. The van der Waals surface area contributed by atoms with Gasteiger partial charge in [0.25, 0.3) is 5.84 Å². The van der Waals surface area contributed by atoms with Crippen LogP contribution in [0, 0.1) is 19.7 Å². The van der Waals surface area contributed by atoms with Crippen LogP contribution in [-0.2, 0) is 17.9 Å². The van der Waals surface area contributed by atoms with Gasteiger partial charge in [-0.15, -0.1) is 4.99 Å². The van der Waals surface area contributed by atoms with E-state index in [9.17, 15) is 14.0 Å². The normalized spacial score (nSPS) is 18.4. The number of nitrogens with zero attached hydrogens (tertiary/aromatic N) is 4. The molecule has 0 saturated carbocycles. The fraction of sp³-hybridized carbons (Fsp3) is 0.227. The van der Waals surface area contributed by atoms with Gasteiger partial charge in [-0.2, -0.15) is 9.48 Å². The minimum absolute atomic E-state index is 0.0459. The van der Waals surface area contributed by atoms with Crippen LogP contribution in [-0.4, -0.2) is 45.7 Å². The Bertz CT molecular complexity index is 1090. The van der Waals surface area contributed by atoms with Crippen molar-refractivity contribution in [1.29, 1.82) is 0 Å². The van der Waals surface area contributed by atoms with Crippen LogP contribution in [0.15, 0.2) is 52.4 Å². The van der Waals surface area contributed by atoms with Crippen molar-refractivity contribution in [1.82, 2.24) is 4.90 Å².